The lowest BCUT2D eigenvalue weighted by Crippen LogP contribution is -2.06. The first kappa shape index (κ1) is 18.4. The van der Waals surface area contributed by atoms with Crippen LogP contribution in [0.3, 0.4) is 0 Å². The van der Waals surface area contributed by atoms with Crippen molar-refractivity contribution in [2.75, 3.05) is 5.75 Å². The van der Waals surface area contributed by atoms with E-state index in [1.807, 2.05) is 45.3 Å². The van der Waals surface area contributed by atoms with Crippen molar-refractivity contribution in [1.29, 1.82) is 0 Å². The first-order chi connectivity index (χ1) is 13.4. The molecule has 4 heterocycles. The van der Waals surface area contributed by atoms with Crippen molar-refractivity contribution < 1.29 is 9.32 Å². The van der Waals surface area contributed by atoms with Gasteiger partial charge in [-0.25, -0.2) is 9.50 Å². The van der Waals surface area contributed by atoms with E-state index in [0.717, 1.165) is 28.3 Å². The highest BCUT2D eigenvalue weighted by atomic mass is 32.2. The summed E-state index contributed by atoms with van der Waals surface area (Å²) < 4.78 is 8.56. The van der Waals surface area contributed by atoms with E-state index in [2.05, 4.69) is 20.2 Å². The molecule has 144 valence electrons. The molecule has 4 aromatic rings. The molecule has 0 N–H and O–H groups in total. The van der Waals surface area contributed by atoms with Crippen LogP contribution in [0.1, 0.15) is 38.7 Å². The van der Waals surface area contributed by atoms with Crippen molar-refractivity contribution >= 4 is 23.3 Å². The number of thioether (sulfide) groups is 1. The first-order valence-corrected chi connectivity index (χ1v) is 9.81. The Morgan fingerprint density at radius 3 is 2.64 bits per heavy atom. The van der Waals surface area contributed by atoms with Crippen LogP contribution >= 0.6 is 11.8 Å². The van der Waals surface area contributed by atoms with E-state index in [1.165, 1.54) is 18.0 Å². The smallest absolute Gasteiger partial charge is 0.253 e. The van der Waals surface area contributed by atoms with E-state index < -0.39 is 0 Å². The minimum Gasteiger partial charge on any atom is -0.363 e. The van der Waals surface area contributed by atoms with Crippen LogP contribution in [0.15, 0.2) is 28.1 Å². The SMILES string of the molecule is Cc1nc2nc(SCC(=O)c3cc(C)n(-c4ccon4)c3C)nn2c(C)c1C. The predicted octanol–water partition coefficient (Wildman–Crippen LogP) is 3.42. The Labute approximate surface area is 166 Å². The number of nitrogens with zero attached hydrogens (tertiary/aromatic N) is 6. The summed E-state index contributed by atoms with van der Waals surface area (Å²) in [5.74, 6) is 1.48. The number of aryl methyl sites for hydroxylation is 3. The van der Waals surface area contributed by atoms with E-state index in [9.17, 15) is 4.79 Å². The monoisotopic (exact) mass is 396 g/mol. The molecule has 0 aliphatic rings. The van der Waals surface area contributed by atoms with Crippen LogP contribution in [0, 0.1) is 34.6 Å². The lowest BCUT2D eigenvalue weighted by molar-refractivity contribution is 0.102. The lowest BCUT2D eigenvalue weighted by atomic mass is 10.2. The number of hydrogen-bond donors (Lipinski definition) is 0. The molecular formula is C19H20N6O2S. The van der Waals surface area contributed by atoms with Gasteiger partial charge in [-0.15, -0.1) is 5.10 Å². The summed E-state index contributed by atoms with van der Waals surface area (Å²) in [6.07, 6.45) is 1.51. The normalized spacial score (nSPS) is 11.5. The van der Waals surface area contributed by atoms with Gasteiger partial charge in [0.25, 0.3) is 5.78 Å². The van der Waals surface area contributed by atoms with Crippen LogP contribution in [0.4, 0.5) is 0 Å². The van der Waals surface area contributed by atoms with E-state index in [-0.39, 0.29) is 11.5 Å². The number of ketones is 1. The summed E-state index contributed by atoms with van der Waals surface area (Å²) in [6.45, 7) is 9.80. The summed E-state index contributed by atoms with van der Waals surface area (Å²) >= 11 is 1.31. The molecule has 0 fully saturated rings. The highest BCUT2D eigenvalue weighted by Gasteiger charge is 2.19. The topological polar surface area (TPSA) is 91.1 Å². The number of carbonyl (C=O) groups is 1. The molecule has 0 atom stereocenters. The molecule has 0 unspecified atom stereocenters. The van der Waals surface area contributed by atoms with Gasteiger partial charge in [-0.05, 0) is 46.2 Å². The molecule has 0 bridgehead atoms. The number of aromatic nitrogens is 6. The van der Waals surface area contributed by atoms with Crippen molar-refractivity contribution in [1.82, 2.24) is 29.3 Å². The second kappa shape index (κ2) is 6.90. The third-order valence-corrected chi connectivity index (χ3v) is 5.80. The van der Waals surface area contributed by atoms with Crippen molar-refractivity contribution in [3.63, 3.8) is 0 Å². The number of fused-ring (bicyclic) bond motifs is 1. The van der Waals surface area contributed by atoms with E-state index in [0.29, 0.717) is 22.3 Å². The fourth-order valence-corrected chi connectivity index (χ4v) is 3.93. The van der Waals surface area contributed by atoms with Crippen LogP contribution in [-0.4, -0.2) is 40.8 Å². The van der Waals surface area contributed by atoms with Crippen LogP contribution < -0.4 is 0 Å². The summed E-state index contributed by atoms with van der Waals surface area (Å²) in [5, 5.41) is 9.00. The quantitative estimate of drug-likeness (QED) is 0.377. The predicted molar refractivity (Wildman–Crippen MR) is 105 cm³/mol. The zero-order valence-corrected chi connectivity index (χ0v) is 17.2. The van der Waals surface area contributed by atoms with Crippen LogP contribution in [0.25, 0.3) is 11.6 Å². The average molecular weight is 396 g/mol. The third-order valence-electron chi connectivity index (χ3n) is 4.96. The van der Waals surface area contributed by atoms with Gasteiger partial charge in [-0.3, -0.25) is 9.36 Å². The minimum atomic E-state index is 0.0174. The molecular weight excluding hydrogens is 376 g/mol. The summed E-state index contributed by atoms with van der Waals surface area (Å²) in [6, 6.07) is 3.64. The fourth-order valence-electron chi connectivity index (χ4n) is 3.23. The Balaban J connectivity index is 1.56. The van der Waals surface area contributed by atoms with Crippen LogP contribution in [0.5, 0.6) is 0 Å². The average Bonchev–Trinajstić information content (AvgIpc) is 3.37. The van der Waals surface area contributed by atoms with Gasteiger partial charge >= 0.3 is 0 Å². The Morgan fingerprint density at radius 1 is 1.14 bits per heavy atom. The molecule has 0 aliphatic carbocycles. The second-order valence-corrected chi connectivity index (χ2v) is 7.65. The standard InChI is InChI=1S/C19H20N6O2S/c1-10-8-15(14(5)24(10)17-6-7-27-23-17)16(26)9-28-19-21-18-20-12(3)11(2)13(4)25(18)22-19/h6-8H,9H2,1-5H3. The Hall–Kier alpha value is -2.94. The first-order valence-electron chi connectivity index (χ1n) is 8.83. The van der Waals surface area contributed by atoms with E-state index >= 15 is 0 Å². The maximum atomic E-state index is 12.8. The third kappa shape index (κ3) is 3.01. The number of carbonyl (C=O) groups excluding carboxylic acids is 1. The highest BCUT2D eigenvalue weighted by Crippen LogP contribution is 2.23. The van der Waals surface area contributed by atoms with Gasteiger partial charge in [-0.1, -0.05) is 16.9 Å². The maximum Gasteiger partial charge on any atom is 0.253 e. The second-order valence-electron chi connectivity index (χ2n) is 6.70. The fraction of sp³-hybridized carbons (Fsp3) is 0.316. The van der Waals surface area contributed by atoms with Crippen molar-refractivity contribution in [2.24, 2.45) is 0 Å². The zero-order valence-electron chi connectivity index (χ0n) is 16.3. The molecule has 4 rings (SSSR count). The summed E-state index contributed by atoms with van der Waals surface area (Å²) in [5.41, 5.74) is 5.46. The Morgan fingerprint density at radius 2 is 1.93 bits per heavy atom. The highest BCUT2D eigenvalue weighted by molar-refractivity contribution is 7.99. The van der Waals surface area contributed by atoms with Gasteiger partial charge in [-0.2, -0.15) is 4.98 Å². The Kier molecular flexibility index (Phi) is 4.54. The molecule has 8 nitrogen and oxygen atoms in total. The number of rotatable bonds is 5. The Bertz CT molecular complexity index is 1190. The molecule has 4 aromatic heterocycles. The van der Waals surface area contributed by atoms with Gasteiger partial charge < -0.3 is 4.52 Å². The molecule has 0 saturated heterocycles. The number of hydrogen-bond acceptors (Lipinski definition) is 7. The van der Waals surface area contributed by atoms with Gasteiger partial charge in [0.2, 0.25) is 5.16 Å². The maximum absolute atomic E-state index is 12.8. The molecule has 0 aromatic carbocycles. The van der Waals surface area contributed by atoms with E-state index in [1.54, 1.807) is 10.6 Å². The van der Waals surface area contributed by atoms with Gasteiger partial charge in [0, 0.05) is 34.4 Å². The van der Waals surface area contributed by atoms with Gasteiger partial charge in [0.1, 0.15) is 6.26 Å². The molecule has 0 radical (unpaired) electrons. The van der Waals surface area contributed by atoms with E-state index in [4.69, 9.17) is 4.52 Å². The van der Waals surface area contributed by atoms with Crippen molar-refractivity contribution in [3.8, 4) is 5.82 Å². The summed E-state index contributed by atoms with van der Waals surface area (Å²) in [7, 11) is 0. The zero-order chi connectivity index (χ0) is 20.0. The number of Topliss-reactive ketones (excluding diaryl/α,β-unsaturated/α-hetero) is 1. The molecule has 0 amide bonds. The lowest BCUT2D eigenvalue weighted by Gasteiger charge is -2.04. The largest absolute Gasteiger partial charge is 0.363 e. The van der Waals surface area contributed by atoms with Gasteiger partial charge in [0.05, 0.1) is 5.75 Å². The molecule has 0 aliphatic heterocycles. The molecule has 9 heteroatoms. The molecule has 0 spiro atoms. The van der Waals surface area contributed by atoms with Crippen LogP contribution in [0.2, 0.25) is 0 Å². The minimum absolute atomic E-state index is 0.0174. The van der Waals surface area contributed by atoms with Gasteiger partial charge in [0.15, 0.2) is 11.6 Å². The van der Waals surface area contributed by atoms with Crippen molar-refractivity contribution in [2.45, 2.75) is 39.8 Å². The van der Waals surface area contributed by atoms with Crippen LogP contribution in [-0.2, 0) is 0 Å². The molecule has 28 heavy (non-hydrogen) atoms. The summed E-state index contributed by atoms with van der Waals surface area (Å²) in [4.78, 5) is 21.7. The van der Waals surface area contributed by atoms with Crippen molar-refractivity contribution in [3.05, 3.63) is 52.3 Å². The molecule has 0 saturated carbocycles.